The number of aliphatic hydroxyl groups is 1. The Morgan fingerprint density at radius 2 is 1.91 bits per heavy atom. The van der Waals surface area contributed by atoms with Crippen LogP contribution in [-0.4, -0.2) is 46.8 Å². The molecule has 1 aliphatic rings. The third-order valence-electron chi connectivity index (χ3n) is 3.64. The number of nitrogens with zero attached hydrogens (tertiary/aromatic N) is 1. The molecule has 1 N–H and O–H groups in total. The normalized spacial score (nSPS) is 17.8. The minimum Gasteiger partial charge on any atom is -0.386 e. The predicted molar refractivity (Wildman–Crippen MR) is 91.6 cm³/mol. The number of likely N-dealkylation sites (N-methyl/N-ethyl adjacent to an activating group) is 1. The van der Waals surface area contributed by atoms with Gasteiger partial charge in [0.2, 0.25) is 0 Å². The molecule has 2 atom stereocenters. The second-order valence-electron chi connectivity index (χ2n) is 5.02. The van der Waals surface area contributed by atoms with Crippen molar-refractivity contribution in [3.8, 4) is 0 Å². The average Bonchev–Trinajstić information content (AvgIpc) is 2.59. The fourth-order valence-electron chi connectivity index (χ4n) is 2.17. The van der Waals surface area contributed by atoms with Crippen molar-refractivity contribution in [2.75, 3.05) is 18.6 Å². The fourth-order valence-corrected chi connectivity index (χ4v) is 4.36. The molecule has 0 unspecified atom stereocenters. The molecule has 0 aromatic heterocycles. The van der Waals surface area contributed by atoms with Crippen LogP contribution in [-0.2, 0) is 9.59 Å². The number of rotatable bonds is 5. The van der Waals surface area contributed by atoms with Gasteiger partial charge in [-0.25, -0.2) is 0 Å². The first-order chi connectivity index (χ1) is 10.6. The second kappa shape index (κ2) is 7.85. The van der Waals surface area contributed by atoms with Gasteiger partial charge < -0.3 is 10.0 Å². The van der Waals surface area contributed by atoms with Gasteiger partial charge in [-0.05, 0) is 12.5 Å². The minimum absolute atomic E-state index is 0.207. The first-order valence-electron chi connectivity index (χ1n) is 7.01. The predicted octanol–water partition coefficient (Wildman–Crippen LogP) is 2.46. The van der Waals surface area contributed by atoms with E-state index in [2.05, 4.69) is 0 Å². The first-order valence-corrected chi connectivity index (χ1v) is 8.98. The van der Waals surface area contributed by atoms with Crippen molar-refractivity contribution in [2.24, 2.45) is 0 Å². The highest BCUT2D eigenvalue weighted by Crippen LogP contribution is 2.34. The minimum atomic E-state index is -0.767. The average molecular weight is 337 g/mol. The first kappa shape index (κ1) is 17.1. The Balaban J connectivity index is 2.16. The van der Waals surface area contributed by atoms with Crippen molar-refractivity contribution < 1.29 is 14.7 Å². The van der Waals surface area contributed by atoms with Gasteiger partial charge in [-0.15, -0.1) is 23.5 Å². The van der Waals surface area contributed by atoms with Gasteiger partial charge in [0.05, 0.1) is 22.0 Å². The van der Waals surface area contributed by atoms with E-state index in [4.69, 9.17) is 0 Å². The molecule has 0 bridgehead atoms. The summed E-state index contributed by atoms with van der Waals surface area (Å²) >= 11 is 2.83. The third kappa shape index (κ3) is 3.74. The highest BCUT2D eigenvalue weighted by atomic mass is 32.2. The molecule has 2 rings (SSSR count). The van der Waals surface area contributed by atoms with Crippen molar-refractivity contribution in [2.45, 2.75) is 19.1 Å². The number of hydrogen-bond donors (Lipinski definition) is 1. The number of hydrogen-bond acceptors (Lipinski definition) is 5. The molecular weight excluding hydrogens is 318 g/mol. The van der Waals surface area contributed by atoms with E-state index in [1.165, 1.54) is 28.4 Å². The standard InChI is InChI=1S/C16H19NO3S2/c1-11(14(19)12-6-4-3-5-7-12)17(2)16(20)15-13(10-18)21-8-9-22-15/h3-7,10-11,14,19H,8-9H2,1-2H3/t11-,14+/m1/s1. The van der Waals surface area contributed by atoms with E-state index < -0.39 is 6.10 Å². The summed E-state index contributed by atoms with van der Waals surface area (Å²) in [7, 11) is 1.66. The highest BCUT2D eigenvalue weighted by Gasteiger charge is 2.29. The smallest absolute Gasteiger partial charge is 0.261 e. The van der Waals surface area contributed by atoms with Crippen LogP contribution < -0.4 is 0 Å². The molecule has 4 nitrogen and oxygen atoms in total. The molecule has 1 aromatic rings. The van der Waals surface area contributed by atoms with Crippen LogP contribution in [0.25, 0.3) is 0 Å². The monoisotopic (exact) mass is 337 g/mol. The quantitative estimate of drug-likeness (QED) is 0.837. The topological polar surface area (TPSA) is 57.6 Å². The van der Waals surface area contributed by atoms with E-state index in [0.29, 0.717) is 9.81 Å². The molecule has 0 radical (unpaired) electrons. The number of thioether (sulfide) groups is 2. The van der Waals surface area contributed by atoms with Crippen LogP contribution in [0.4, 0.5) is 0 Å². The number of aldehydes is 1. The van der Waals surface area contributed by atoms with Gasteiger partial charge in [-0.3, -0.25) is 9.59 Å². The van der Waals surface area contributed by atoms with Crippen LogP contribution in [0, 0.1) is 0 Å². The van der Waals surface area contributed by atoms with E-state index in [0.717, 1.165) is 23.4 Å². The summed E-state index contributed by atoms with van der Waals surface area (Å²) in [6.45, 7) is 1.80. The second-order valence-corrected chi connectivity index (χ2v) is 7.26. The van der Waals surface area contributed by atoms with Crippen LogP contribution in [0.3, 0.4) is 0 Å². The van der Waals surface area contributed by atoms with Crippen LogP contribution in [0.5, 0.6) is 0 Å². The summed E-state index contributed by atoms with van der Waals surface area (Å²) in [5.74, 6) is 1.44. The third-order valence-corrected chi connectivity index (χ3v) is 6.14. The van der Waals surface area contributed by atoms with Gasteiger partial charge in [0.25, 0.3) is 5.91 Å². The molecule has 1 aliphatic heterocycles. The van der Waals surface area contributed by atoms with Crippen LogP contribution in [0.1, 0.15) is 18.6 Å². The molecular formula is C16H19NO3S2. The number of allylic oxidation sites excluding steroid dienone is 1. The molecule has 0 saturated heterocycles. The molecule has 1 heterocycles. The summed E-state index contributed by atoms with van der Waals surface area (Å²) in [4.78, 5) is 26.2. The maximum absolute atomic E-state index is 12.6. The van der Waals surface area contributed by atoms with Crippen molar-refractivity contribution in [3.05, 3.63) is 45.7 Å². The molecule has 1 amide bonds. The number of carbonyl (C=O) groups excluding carboxylic acids is 2. The molecule has 0 spiro atoms. The summed E-state index contributed by atoms with van der Waals surface area (Å²) < 4.78 is 0. The van der Waals surface area contributed by atoms with Gasteiger partial charge in [0.15, 0.2) is 6.29 Å². The molecule has 0 aliphatic carbocycles. The number of amides is 1. The summed E-state index contributed by atoms with van der Waals surface area (Å²) in [5, 5.41) is 10.4. The van der Waals surface area contributed by atoms with Gasteiger partial charge in [-0.1, -0.05) is 30.3 Å². The Morgan fingerprint density at radius 3 is 2.55 bits per heavy atom. The van der Waals surface area contributed by atoms with Gasteiger partial charge >= 0.3 is 0 Å². The molecule has 22 heavy (non-hydrogen) atoms. The zero-order chi connectivity index (χ0) is 16.1. The Hall–Kier alpha value is -1.24. The van der Waals surface area contributed by atoms with Crippen molar-refractivity contribution in [1.82, 2.24) is 4.90 Å². The molecule has 0 saturated carbocycles. The summed E-state index contributed by atoms with van der Waals surface area (Å²) in [6, 6.07) is 8.87. The molecule has 118 valence electrons. The van der Waals surface area contributed by atoms with Crippen molar-refractivity contribution in [1.29, 1.82) is 0 Å². The zero-order valence-electron chi connectivity index (χ0n) is 12.6. The van der Waals surface area contributed by atoms with E-state index in [-0.39, 0.29) is 11.9 Å². The molecule has 6 heteroatoms. The lowest BCUT2D eigenvalue weighted by Crippen LogP contribution is -2.40. The lowest BCUT2D eigenvalue weighted by molar-refractivity contribution is -0.129. The van der Waals surface area contributed by atoms with Crippen molar-refractivity contribution >= 4 is 35.7 Å². The van der Waals surface area contributed by atoms with E-state index in [9.17, 15) is 14.7 Å². The number of aliphatic hydroxyl groups excluding tert-OH is 1. The molecule has 1 aromatic carbocycles. The lowest BCUT2D eigenvalue weighted by Gasteiger charge is -2.30. The summed E-state index contributed by atoms with van der Waals surface area (Å²) in [5.41, 5.74) is 0.768. The van der Waals surface area contributed by atoms with Gasteiger partial charge in [0.1, 0.15) is 0 Å². The number of benzene rings is 1. The Morgan fingerprint density at radius 1 is 1.27 bits per heavy atom. The largest absolute Gasteiger partial charge is 0.386 e. The SMILES string of the molecule is C[C@H]([C@H](O)c1ccccc1)N(C)C(=O)C1=C(C=O)SCCS1. The summed E-state index contributed by atoms with van der Waals surface area (Å²) in [6.07, 6.45) is -0.0207. The van der Waals surface area contributed by atoms with Crippen LogP contribution >= 0.6 is 23.5 Å². The molecule has 0 fully saturated rings. The Bertz CT molecular complexity index is 574. The van der Waals surface area contributed by atoms with Crippen LogP contribution in [0.2, 0.25) is 0 Å². The van der Waals surface area contributed by atoms with E-state index in [1.54, 1.807) is 14.0 Å². The van der Waals surface area contributed by atoms with E-state index >= 15 is 0 Å². The van der Waals surface area contributed by atoms with E-state index in [1.807, 2.05) is 30.3 Å². The maximum Gasteiger partial charge on any atom is 0.261 e. The van der Waals surface area contributed by atoms with Crippen LogP contribution in [0.15, 0.2) is 40.1 Å². The highest BCUT2D eigenvalue weighted by molar-refractivity contribution is 8.11. The van der Waals surface area contributed by atoms with Gasteiger partial charge in [0, 0.05) is 18.6 Å². The number of carbonyl (C=O) groups is 2. The van der Waals surface area contributed by atoms with Crippen molar-refractivity contribution in [3.63, 3.8) is 0 Å². The lowest BCUT2D eigenvalue weighted by atomic mass is 10.0. The zero-order valence-corrected chi connectivity index (χ0v) is 14.2. The maximum atomic E-state index is 12.6. The van der Waals surface area contributed by atoms with Gasteiger partial charge in [-0.2, -0.15) is 0 Å². The Labute approximate surface area is 139 Å². The Kier molecular flexibility index (Phi) is 6.11. The fraction of sp³-hybridized carbons (Fsp3) is 0.375.